The van der Waals surface area contributed by atoms with Crippen LogP contribution < -0.4 is 5.32 Å². The van der Waals surface area contributed by atoms with Gasteiger partial charge in [-0.15, -0.1) is 5.10 Å². The molecule has 1 aliphatic heterocycles. The Morgan fingerprint density at radius 3 is 2.53 bits per heavy atom. The summed E-state index contributed by atoms with van der Waals surface area (Å²) in [4.78, 5) is 3.46. The van der Waals surface area contributed by atoms with Crippen molar-refractivity contribution in [2.45, 2.75) is 31.9 Å². The van der Waals surface area contributed by atoms with Gasteiger partial charge in [-0.25, -0.2) is 4.98 Å². The summed E-state index contributed by atoms with van der Waals surface area (Å²) in [6.45, 7) is 1.99. The quantitative estimate of drug-likeness (QED) is 0.857. The Hall–Kier alpha value is -1.11. The average molecular weight is 248 g/mol. The molecule has 0 radical (unpaired) electrons. The van der Waals surface area contributed by atoms with Crippen LogP contribution in [0.15, 0.2) is 0 Å². The lowest BCUT2D eigenvalue weighted by Gasteiger charge is -2.21. The highest BCUT2D eigenvalue weighted by Gasteiger charge is 2.35. The zero-order valence-electron chi connectivity index (χ0n) is 9.35. The molecule has 1 saturated heterocycles. The Balaban J connectivity index is 1.84. The van der Waals surface area contributed by atoms with E-state index in [1.807, 2.05) is 0 Å². The van der Waals surface area contributed by atoms with E-state index in [1.165, 1.54) is 0 Å². The van der Waals surface area contributed by atoms with Crippen molar-refractivity contribution in [2.75, 3.05) is 13.1 Å². The van der Waals surface area contributed by atoms with Gasteiger partial charge in [-0.2, -0.15) is 13.2 Å². The van der Waals surface area contributed by atoms with Gasteiger partial charge in [-0.3, -0.25) is 5.10 Å². The average Bonchev–Trinajstić information content (AvgIpc) is 2.76. The van der Waals surface area contributed by atoms with Gasteiger partial charge in [0.15, 0.2) is 0 Å². The monoisotopic (exact) mass is 248 g/mol. The molecule has 1 aromatic rings. The van der Waals surface area contributed by atoms with Gasteiger partial charge in [0.1, 0.15) is 5.82 Å². The minimum Gasteiger partial charge on any atom is -0.317 e. The van der Waals surface area contributed by atoms with Gasteiger partial charge in [0.05, 0.1) is 0 Å². The summed E-state index contributed by atoms with van der Waals surface area (Å²) >= 11 is 0. The molecule has 1 aromatic heterocycles. The van der Waals surface area contributed by atoms with Crippen molar-refractivity contribution in [3.63, 3.8) is 0 Å². The standard InChI is InChI=1S/C10H15F3N4/c11-10(12,13)9-15-8(16-17-9)2-1-7-3-5-14-6-4-7/h7,14H,1-6H2,(H,15,16,17). The van der Waals surface area contributed by atoms with Crippen LogP contribution in [0.4, 0.5) is 13.2 Å². The van der Waals surface area contributed by atoms with Gasteiger partial charge in [-0.1, -0.05) is 0 Å². The van der Waals surface area contributed by atoms with Crippen LogP contribution in [-0.4, -0.2) is 28.3 Å². The number of alkyl halides is 3. The van der Waals surface area contributed by atoms with Crippen LogP contribution in [0, 0.1) is 5.92 Å². The molecule has 2 N–H and O–H groups in total. The molecule has 0 bridgehead atoms. The highest BCUT2D eigenvalue weighted by molar-refractivity contribution is 4.94. The largest absolute Gasteiger partial charge is 0.453 e. The number of halogens is 3. The molecular formula is C10H15F3N4. The second kappa shape index (κ2) is 5.03. The Kier molecular flexibility index (Phi) is 3.66. The number of piperidine rings is 1. The first kappa shape index (κ1) is 12.3. The number of hydrogen-bond acceptors (Lipinski definition) is 3. The summed E-state index contributed by atoms with van der Waals surface area (Å²) in [5.41, 5.74) is 0. The second-order valence-corrected chi connectivity index (χ2v) is 4.34. The third-order valence-electron chi connectivity index (χ3n) is 3.03. The number of hydrogen-bond donors (Lipinski definition) is 2. The van der Waals surface area contributed by atoms with E-state index in [0.29, 0.717) is 18.2 Å². The molecule has 2 rings (SSSR count). The number of nitrogens with zero attached hydrogens (tertiary/aromatic N) is 2. The van der Waals surface area contributed by atoms with Gasteiger partial charge in [-0.05, 0) is 38.3 Å². The molecular weight excluding hydrogens is 233 g/mol. The fourth-order valence-electron chi connectivity index (χ4n) is 2.05. The molecule has 0 atom stereocenters. The topological polar surface area (TPSA) is 53.6 Å². The summed E-state index contributed by atoms with van der Waals surface area (Å²) in [5, 5.41) is 8.79. The first-order valence-electron chi connectivity index (χ1n) is 5.75. The fraction of sp³-hybridized carbons (Fsp3) is 0.800. The van der Waals surface area contributed by atoms with Crippen molar-refractivity contribution < 1.29 is 13.2 Å². The van der Waals surface area contributed by atoms with Crippen molar-refractivity contribution >= 4 is 0 Å². The van der Waals surface area contributed by atoms with E-state index in [0.717, 1.165) is 32.4 Å². The van der Waals surface area contributed by atoms with Gasteiger partial charge in [0, 0.05) is 6.42 Å². The van der Waals surface area contributed by atoms with Crippen molar-refractivity contribution in [3.8, 4) is 0 Å². The molecule has 96 valence electrons. The number of nitrogens with one attached hydrogen (secondary N) is 2. The van der Waals surface area contributed by atoms with Gasteiger partial charge in [0.2, 0.25) is 0 Å². The van der Waals surface area contributed by atoms with Crippen LogP contribution in [0.5, 0.6) is 0 Å². The zero-order valence-corrected chi connectivity index (χ0v) is 9.35. The molecule has 0 amide bonds. The van der Waals surface area contributed by atoms with Crippen LogP contribution in [-0.2, 0) is 12.6 Å². The van der Waals surface area contributed by atoms with E-state index < -0.39 is 12.0 Å². The molecule has 0 aliphatic carbocycles. The Morgan fingerprint density at radius 1 is 1.24 bits per heavy atom. The normalized spacial score (nSPS) is 18.5. The van der Waals surface area contributed by atoms with Crippen LogP contribution in [0.25, 0.3) is 0 Å². The van der Waals surface area contributed by atoms with Crippen molar-refractivity contribution in [1.82, 2.24) is 20.5 Å². The molecule has 1 aliphatic rings. The summed E-state index contributed by atoms with van der Waals surface area (Å²) in [6.07, 6.45) is -0.883. The van der Waals surface area contributed by atoms with E-state index in [4.69, 9.17) is 0 Å². The number of aryl methyl sites for hydroxylation is 1. The lowest BCUT2D eigenvalue weighted by atomic mass is 9.93. The second-order valence-electron chi connectivity index (χ2n) is 4.34. The molecule has 7 heteroatoms. The van der Waals surface area contributed by atoms with Crippen molar-refractivity contribution in [1.29, 1.82) is 0 Å². The lowest BCUT2D eigenvalue weighted by molar-refractivity contribution is -0.144. The van der Waals surface area contributed by atoms with E-state index in [2.05, 4.69) is 20.5 Å². The van der Waals surface area contributed by atoms with Crippen molar-refractivity contribution in [2.24, 2.45) is 5.92 Å². The highest BCUT2D eigenvalue weighted by atomic mass is 19.4. The predicted octanol–water partition coefficient (Wildman–Crippen LogP) is 1.76. The van der Waals surface area contributed by atoms with Gasteiger partial charge < -0.3 is 5.32 Å². The third-order valence-corrected chi connectivity index (χ3v) is 3.03. The molecule has 0 saturated carbocycles. The predicted molar refractivity (Wildman–Crippen MR) is 55.3 cm³/mol. The first-order chi connectivity index (χ1) is 8.05. The summed E-state index contributed by atoms with van der Waals surface area (Å²) in [7, 11) is 0. The zero-order chi connectivity index (χ0) is 12.3. The molecule has 0 spiro atoms. The fourth-order valence-corrected chi connectivity index (χ4v) is 2.05. The third kappa shape index (κ3) is 3.42. The van der Waals surface area contributed by atoms with Crippen LogP contribution in [0.3, 0.4) is 0 Å². The van der Waals surface area contributed by atoms with E-state index in [9.17, 15) is 13.2 Å². The van der Waals surface area contributed by atoms with Gasteiger partial charge >= 0.3 is 6.18 Å². The molecule has 0 aromatic carbocycles. The smallest absolute Gasteiger partial charge is 0.317 e. The van der Waals surface area contributed by atoms with E-state index >= 15 is 0 Å². The maximum Gasteiger partial charge on any atom is 0.453 e. The van der Waals surface area contributed by atoms with Crippen LogP contribution in [0.1, 0.15) is 30.9 Å². The highest BCUT2D eigenvalue weighted by Crippen LogP contribution is 2.26. The summed E-state index contributed by atoms with van der Waals surface area (Å²) in [5.74, 6) is -0.163. The van der Waals surface area contributed by atoms with Crippen LogP contribution in [0.2, 0.25) is 0 Å². The Morgan fingerprint density at radius 2 is 1.94 bits per heavy atom. The summed E-state index contributed by atoms with van der Waals surface area (Å²) in [6, 6.07) is 0. The summed E-state index contributed by atoms with van der Waals surface area (Å²) < 4.78 is 36.7. The maximum atomic E-state index is 12.2. The maximum absolute atomic E-state index is 12.2. The Bertz CT molecular complexity index is 355. The molecule has 1 fully saturated rings. The van der Waals surface area contributed by atoms with E-state index in [-0.39, 0.29) is 0 Å². The molecule has 2 heterocycles. The number of H-pyrrole nitrogens is 1. The van der Waals surface area contributed by atoms with Crippen LogP contribution >= 0.6 is 0 Å². The molecule has 17 heavy (non-hydrogen) atoms. The number of aromatic nitrogens is 3. The SMILES string of the molecule is FC(F)(F)c1n[nH]c(CCC2CCNCC2)n1. The lowest BCUT2D eigenvalue weighted by Crippen LogP contribution is -2.27. The minimum absolute atomic E-state index is 0.329. The Labute approximate surface area is 97.0 Å². The number of rotatable bonds is 3. The molecule has 4 nitrogen and oxygen atoms in total. The molecule has 0 unspecified atom stereocenters. The number of aromatic amines is 1. The first-order valence-corrected chi connectivity index (χ1v) is 5.75. The van der Waals surface area contributed by atoms with Gasteiger partial charge in [0.25, 0.3) is 5.82 Å². The van der Waals surface area contributed by atoms with Crippen molar-refractivity contribution in [3.05, 3.63) is 11.6 Å². The minimum atomic E-state index is -4.45. The van der Waals surface area contributed by atoms with E-state index in [1.54, 1.807) is 0 Å².